The lowest BCUT2D eigenvalue weighted by molar-refractivity contribution is 0.102. The number of nitrogens with zero attached hydrogens (tertiary/aromatic N) is 4. The third-order valence-electron chi connectivity index (χ3n) is 4.29. The van der Waals surface area contributed by atoms with Crippen LogP contribution in [0.1, 0.15) is 30.0 Å². The first-order chi connectivity index (χ1) is 14.0. The van der Waals surface area contributed by atoms with Crippen molar-refractivity contribution in [2.24, 2.45) is 0 Å². The monoisotopic (exact) mass is 454 g/mol. The molecule has 0 spiro atoms. The molecule has 0 radical (unpaired) electrons. The quantitative estimate of drug-likeness (QED) is 0.534. The Morgan fingerprint density at radius 3 is 2.38 bits per heavy atom. The van der Waals surface area contributed by atoms with Gasteiger partial charge in [0.2, 0.25) is 0 Å². The van der Waals surface area contributed by atoms with Gasteiger partial charge in [0.15, 0.2) is 0 Å². The number of nitrogens with one attached hydrogen (secondary N) is 2. The van der Waals surface area contributed by atoms with E-state index < -0.39 is 0 Å². The van der Waals surface area contributed by atoms with Crippen LogP contribution in [-0.4, -0.2) is 33.9 Å². The number of halogens is 1. The zero-order valence-electron chi connectivity index (χ0n) is 16.6. The van der Waals surface area contributed by atoms with Crippen molar-refractivity contribution in [3.05, 3.63) is 64.7 Å². The van der Waals surface area contributed by atoms with Gasteiger partial charge < -0.3 is 15.5 Å². The molecule has 0 saturated carbocycles. The van der Waals surface area contributed by atoms with Gasteiger partial charge >= 0.3 is 0 Å². The van der Waals surface area contributed by atoms with Gasteiger partial charge in [-0.05, 0) is 67.0 Å². The smallest absolute Gasteiger partial charge is 0.257 e. The van der Waals surface area contributed by atoms with Gasteiger partial charge in [0.1, 0.15) is 17.5 Å². The second kappa shape index (κ2) is 9.47. The summed E-state index contributed by atoms with van der Waals surface area (Å²) in [5.41, 5.74) is 2.06. The summed E-state index contributed by atoms with van der Waals surface area (Å²) in [6.07, 6.45) is 3.17. The number of carbonyl (C=O) groups is 1. The lowest BCUT2D eigenvalue weighted by Gasteiger charge is -2.20. The summed E-state index contributed by atoms with van der Waals surface area (Å²) in [7, 11) is 0. The van der Waals surface area contributed by atoms with Crippen LogP contribution >= 0.6 is 15.9 Å². The predicted octanol–water partition coefficient (Wildman–Crippen LogP) is 4.78. The van der Waals surface area contributed by atoms with Gasteiger partial charge in [-0.3, -0.25) is 9.78 Å². The normalized spacial score (nSPS) is 10.5. The summed E-state index contributed by atoms with van der Waals surface area (Å²) < 4.78 is 0.758. The summed E-state index contributed by atoms with van der Waals surface area (Å²) in [6, 6.07) is 11.1. The van der Waals surface area contributed by atoms with Crippen LogP contribution in [0.2, 0.25) is 0 Å². The van der Waals surface area contributed by atoms with Crippen molar-refractivity contribution in [1.29, 1.82) is 0 Å². The number of hydrogen-bond acceptors (Lipinski definition) is 6. The lowest BCUT2D eigenvalue weighted by atomic mass is 10.2. The van der Waals surface area contributed by atoms with E-state index in [0.717, 1.165) is 34.9 Å². The van der Waals surface area contributed by atoms with E-state index in [1.165, 1.54) is 6.20 Å². The fraction of sp³-hybridized carbons (Fsp3) is 0.238. The first-order valence-electron chi connectivity index (χ1n) is 9.38. The first-order valence-corrected chi connectivity index (χ1v) is 10.2. The minimum absolute atomic E-state index is 0.213. The standard InChI is InChI=1S/C21H23BrN6O/c1-4-28(5-2)20-11-19(24-14(3)25-20)26-17-6-8-18(9-7-17)27-21(29)15-10-16(22)13-23-12-15/h6-13H,4-5H2,1-3H3,(H,27,29)(H,24,25,26). The molecule has 3 aromatic rings. The molecule has 7 nitrogen and oxygen atoms in total. The van der Waals surface area contributed by atoms with Crippen LogP contribution in [0, 0.1) is 6.92 Å². The maximum absolute atomic E-state index is 12.3. The lowest BCUT2D eigenvalue weighted by Crippen LogP contribution is -2.23. The van der Waals surface area contributed by atoms with Crippen molar-refractivity contribution < 1.29 is 4.79 Å². The third kappa shape index (κ3) is 5.51. The van der Waals surface area contributed by atoms with Crippen molar-refractivity contribution in [2.45, 2.75) is 20.8 Å². The Morgan fingerprint density at radius 2 is 1.72 bits per heavy atom. The van der Waals surface area contributed by atoms with Crippen molar-refractivity contribution in [3.8, 4) is 0 Å². The molecule has 3 rings (SSSR count). The number of aromatic nitrogens is 3. The summed E-state index contributed by atoms with van der Waals surface area (Å²) in [5.74, 6) is 2.13. The first kappa shape index (κ1) is 20.7. The van der Waals surface area contributed by atoms with E-state index in [0.29, 0.717) is 17.1 Å². The Balaban J connectivity index is 1.70. The van der Waals surface area contributed by atoms with E-state index in [1.807, 2.05) is 37.3 Å². The van der Waals surface area contributed by atoms with E-state index >= 15 is 0 Å². The molecule has 0 bridgehead atoms. The largest absolute Gasteiger partial charge is 0.357 e. The van der Waals surface area contributed by atoms with Crippen molar-refractivity contribution >= 4 is 44.8 Å². The molecule has 29 heavy (non-hydrogen) atoms. The molecular formula is C21H23BrN6O. The molecular weight excluding hydrogens is 432 g/mol. The van der Waals surface area contributed by atoms with Gasteiger partial charge in [0.05, 0.1) is 5.56 Å². The van der Waals surface area contributed by atoms with Crippen molar-refractivity contribution in [2.75, 3.05) is 28.6 Å². The molecule has 0 unspecified atom stereocenters. The van der Waals surface area contributed by atoms with Crippen LogP contribution in [0.25, 0.3) is 0 Å². The summed E-state index contributed by atoms with van der Waals surface area (Å²) in [6.45, 7) is 7.85. The maximum Gasteiger partial charge on any atom is 0.257 e. The molecule has 2 heterocycles. The van der Waals surface area contributed by atoms with Crippen molar-refractivity contribution in [3.63, 3.8) is 0 Å². The van der Waals surface area contributed by atoms with Crippen LogP contribution in [0.3, 0.4) is 0 Å². The number of benzene rings is 1. The van der Waals surface area contributed by atoms with E-state index in [1.54, 1.807) is 12.3 Å². The van der Waals surface area contributed by atoms with Gasteiger partial charge in [-0.2, -0.15) is 0 Å². The number of amides is 1. The van der Waals surface area contributed by atoms with Gasteiger partial charge in [-0.1, -0.05) is 0 Å². The third-order valence-corrected chi connectivity index (χ3v) is 4.73. The van der Waals surface area contributed by atoms with E-state index in [4.69, 9.17) is 0 Å². The van der Waals surface area contributed by atoms with Crippen molar-refractivity contribution in [1.82, 2.24) is 15.0 Å². The number of pyridine rings is 1. The molecule has 1 amide bonds. The SMILES string of the molecule is CCN(CC)c1cc(Nc2ccc(NC(=O)c3cncc(Br)c3)cc2)nc(C)n1. The van der Waals surface area contributed by atoms with E-state index in [-0.39, 0.29) is 5.91 Å². The Hall–Kier alpha value is -3.00. The molecule has 0 fully saturated rings. The molecule has 2 aromatic heterocycles. The minimum atomic E-state index is -0.213. The number of carbonyl (C=O) groups excluding carboxylic acids is 1. The molecule has 150 valence electrons. The highest BCUT2D eigenvalue weighted by atomic mass is 79.9. The predicted molar refractivity (Wildman–Crippen MR) is 120 cm³/mol. The van der Waals surface area contributed by atoms with Crippen LogP contribution in [-0.2, 0) is 0 Å². The Kier molecular flexibility index (Phi) is 6.77. The molecule has 1 aromatic carbocycles. The highest BCUT2D eigenvalue weighted by Crippen LogP contribution is 2.21. The fourth-order valence-corrected chi connectivity index (χ4v) is 3.21. The summed E-state index contributed by atoms with van der Waals surface area (Å²) >= 11 is 3.32. The zero-order chi connectivity index (χ0) is 20.8. The van der Waals surface area contributed by atoms with Crippen LogP contribution in [0.4, 0.5) is 23.0 Å². The number of aryl methyl sites for hydroxylation is 1. The van der Waals surface area contributed by atoms with Gasteiger partial charge in [0, 0.05) is 47.4 Å². The number of anilines is 4. The van der Waals surface area contributed by atoms with Gasteiger partial charge in [-0.25, -0.2) is 9.97 Å². The second-order valence-corrected chi connectivity index (χ2v) is 7.29. The molecule has 8 heteroatoms. The zero-order valence-corrected chi connectivity index (χ0v) is 18.2. The summed E-state index contributed by atoms with van der Waals surface area (Å²) in [5, 5.41) is 6.17. The van der Waals surface area contributed by atoms with Gasteiger partial charge in [-0.15, -0.1) is 0 Å². The fourth-order valence-electron chi connectivity index (χ4n) is 2.85. The highest BCUT2D eigenvalue weighted by molar-refractivity contribution is 9.10. The number of hydrogen-bond donors (Lipinski definition) is 2. The number of rotatable bonds is 7. The molecule has 0 aliphatic heterocycles. The average Bonchev–Trinajstić information content (AvgIpc) is 2.70. The molecule has 0 aliphatic carbocycles. The van der Waals surface area contributed by atoms with Crippen LogP contribution in [0.5, 0.6) is 0 Å². The average molecular weight is 455 g/mol. The molecule has 2 N–H and O–H groups in total. The Labute approximate surface area is 178 Å². The Bertz CT molecular complexity index is 989. The molecule has 0 aliphatic rings. The Morgan fingerprint density at radius 1 is 1.03 bits per heavy atom. The van der Waals surface area contributed by atoms with Crippen LogP contribution in [0.15, 0.2) is 53.3 Å². The van der Waals surface area contributed by atoms with E-state index in [2.05, 4.69) is 60.3 Å². The van der Waals surface area contributed by atoms with E-state index in [9.17, 15) is 4.79 Å². The maximum atomic E-state index is 12.3. The highest BCUT2D eigenvalue weighted by Gasteiger charge is 2.09. The van der Waals surface area contributed by atoms with Gasteiger partial charge in [0.25, 0.3) is 5.91 Å². The molecule has 0 saturated heterocycles. The summed E-state index contributed by atoms with van der Waals surface area (Å²) in [4.78, 5) is 27.5. The minimum Gasteiger partial charge on any atom is -0.357 e. The second-order valence-electron chi connectivity index (χ2n) is 6.38. The molecule has 0 atom stereocenters. The van der Waals surface area contributed by atoms with Crippen LogP contribution < -0.4 is 15.5 Å². The topological polar surface area (TPSA) is 83.0 Å².